The molecule has 0 saturated heterocycles. The Balaban J connectivity index is 2.39. The number of benzene rings is 1. The second-order valence-electron chi connectivity index (χ2n) is 3.95. The molecule has 0 heterocycles. The van der Waals surface area contributed by atoms with Gasteiger partial charge in [0.05, 0.1) is 0 Å². The molecule has 1 aromatic rings. The second-order valence-corrected chi connectivity index (χ2v) is 5.80. The van der Waals surface area contributed by atoms with Gasteiger partial charge in [-0.1, -0.05) is 11.6 Å². The number of carbonyl (C=O) groups is 3. The standard InChI is InChI=1S/C13H15ClN2O4S/c1-8(21-10-5-3-9(14)4-6-10)12(18)20-7-11(17)16-13(19)15-2/h3-6,8H,7H2,1-2H3,(H2,15,16,17,19)/t8-/m0/s1. The van der Waals surface area contributed by atoms with Crippen LogP contribution in [0.3, 0.4) is 0 Å². The number of hydrogen-bond acceptors (Lipinski definition) is 5. The Morgan fingerprint density at radius 2 is 1.90 bits per heavy atom. The lowest BCUT2D eigenvalue weighted by atomic mass is 10.4. The predicted octanol–water partition coefficient (Wildman–Crippen LogP) is 1.82. The van der Waals surface area contributed by atoms with Crippen LogP contribution in [0.25, 0.3) is 0 Å². The third kappa shape index (κ3) is 6.50. The fourth-order valence-electron chi connectivity index (χ4n) is 1.24. The lowest BCUT2D eigenvalue weighted by molar-refractivity contribution is -0.147. The number of carbonyl (C=O) groups excluding carboxylic acids is 3. The van der Waals surface area contributed by atoms with Crippen molar-refractivity contribution in [3.05, 3.63) is 29.3 Å². The predicted molar refractivity (Wildman–Crippen MR) is 80.3 cm³/mol. The summed E-state index contributed by atoms with van der Waals surface area (Å²) in [7, 11) is 1.37. The first kappa shape index (κ1) is 17.3. The Kier molecular flexibility index (Phi) is 7.04. The smallest absolute Gasteiger partial charge is 0.321 e. The highest BCUT2D eigenvalue weighted by atomic mass is 35.5. The van der Waals surface area contributed by atoms with Crippen LogP contribution >= 0.6 is 23.4 Å². The van der Waals surface area contributed by atoms with E-state index in [1.54, 1.807) is 31.2 Å². The molecule has 0 aliphatic carbocycles. The molecule has 0 aliphatic heterocycles. The summed E-state index contributed by atoms with van der Waals surface area (Å²) >= 11 is 7.06. The van der Waals surface area contributed by atoms with Gasteiger partial charge in [0.1, 0.15) is 5.25 Å². The molecule has 6 nitrogen and oxygen atoms in total. The zero-order chi connectivity index (χ0) is 15.8. The Hall–Kier alpha value is -1.73. The van der Waals surface area contributed by atoms with Gasteiger partial charge in [0.15, 0.2) is 6.61 Å². The summed E-state index contributed by atoms with van der Waals surface area (Å²) in [5.41, 5.74) is 0. The normalized spacial score (nSPS) is 11.4. The van der Waals surface area contributed by atoms with Crippen molar-refractivity contribution in [3.8, 4) is 0 Å². The van der Waals surface area contributed by atoms with Gasteiger partial charge in [-0.2, -0.15) is 0 Å². The first-order valence-corrected chi connectivity index (χ1v) is 7.28. The lowest BCUT2D eigenvalue weighted by Crippen LogP contribution is -2.40. The van der Waals surface area contributed by atoms with E-state index < -0.39 is 29.8 Å². The van der Waals surface area contributed by atoms with Crippen LogP contribution in [-0.2, 0) is 14.3 Å². The van der Waals surface area contributed by atoms with Gasteiger partial charge in [0.2, 0.25) is 0 Å². The fraction of sp³-hybridized carbons (Fsp3) is 0.308. The van der Waals surface area contributed by atoms with Crippen molar-refractivity contribution >= 4 is 41.3 Å². The molecule has 0 radical (unpaired) electrons. The maximum absolute atomic E-state index is 11.7. The number of thioether (sulfide) groups is 1. The summed E-state index contributed by atoms with van der Waals surface area (Å²) in [4.78, 5) is 34.7. The molecule has 0 fully saturated rings. The molecule has 0 aromatic heterocycles. The summed E-state index contributed by atoms with van der Waals surface area (Å²) in [6.45, 7) is 1.16. The number of ether oxygens (including phenoxy) is 1. The Morgan fingerprint density at radius 3 is 2.48 bits per heavy atom. The van der Waals surface area contributed by atoms with E-state index in [-0.39, 0.29) is 0 Å². The third-order valence-corrected chi connectivity index (χ3v) is 3.63. The summed E-state index contributed by atoms with van der Waals surface area (Å²) in [5, 5.41) is 4.33. The van der Waals surface area contributed by atoms with E-state index in [9.17, 15) is 14.4 Å². The molecule has 2 N–H and O–H groups in total. The lowest BCUT2D eigenvalue weighted by Gasteiger charge is -2.11. The first-order valence-electron chi connectivity index (χ1n) is 6.02. The van der Waals surface area contributed by atoms with Crippen LogP contribution in [0, 0.1) is 0 Å². The average molecular weight is 331 g/mol. The highest BCUT2D eigenvalue weighted by Crippen LogP contribution is 2.25. The number of esters is 1. The van der Waals surface area contributed by atoms with E-state index >= 15 is 0 Å². The van der Waals surface area contributed by atoms with Crippen molar-refractivity contribution in [2.45, 2.75) is 17.1 Å². The molecule has 1 rings (SSSR count). The van der Waals surface area contributed by atoms with Crippen LogP contribution in [0.1, 0.15) is 6.92 Å². The number of urea groups is 1. The van der Waals surface area contributed by atoms with Crippen molar-refractivity contribution in [2.75, 3.05) is 13.7 Å². The summed E-state index contributed by atoms with van der Waals surface area (Å²) in [6, 6.07) is 6.36. The average Bonchev–Trinajstić information content (AvgIpc) is 2.46. The largest absolute Gasteiger partial charge is 0.455 e. The van der Waals surface area contributed by atoms with E-state index in [0.29, 0.717) is 5.02 Å². The monoisotopic (exact) mass is 330 g/mol. The van der Waals surface area contributed by atoms with Gasteiger partial charge in [-0.15, -0.1) is 11.8 Å². The van der Waals surface area contributed by atoms with Gasteiger partial charge in [-0.05, 0) is 31.2 Å². The zero-order valence-corrected chi connectivity index (χ0v) is 13.1. The van der Waals surface area contributed by atoms with Gasteiger partial charge in [0, 0.05) is 17.0 Å². The minimum absolute atomic E-state index is 0.487. The number of amides is 3. The van der Waals surface area contributed by atoms with Crippen LogP contribution in [0.5, 0.6) is 0 Å². The molecule has 21 heavy (non-hydrogen) atoms. The highest BCUT2D eigenvalue weighted by Gasteiger charge is 2.17. The maximum atomic E-state index is 11.7. The minimum Gasteiger partial charge on any atom is -0.455 e. The molecule has 0 spiro atoms. The summed E-state index contributed by atoms with van der Waals surface area (Å²) in [5.74, 6) is -1.23. The Bertz CT molecular complexity index is 521. The summed E-state index contributed by atoms with van der Waals surface area (Å²) < 4.78 is 4.83. The van der Waals surface area contributed by atoms with Crippen LogP contribution in [0.4, 0.5) is 4.79 Å². The SMILES string of the molecule is CNC(=O)NC(=O)COC(=O)[C@H](C)Sc1ccc(Cl)cc1. The highest BCUT2D eigenvalue weighted by molar-refractivity contribution is 8.00. The van der Waals surface area contributed by atoms with E-state index in [1.165, 1.54) is 18.8 Å². The van der Waals surface area contributed by atoms with Gasteiger partial charge in [0.25, 0.3) is 5.91 Å². The van der Waals surface area contributed by atoms with Gasteiger partial charge in [-0.25, -0.2) is 4.79 Å². The molecule has 0 aliphatic rings. The molecular formula is C13H15ClN2O4S. The zero-order valence-electron chi connectivity index (χ0n) is 11.5. The molecule has 0 unspecified atom stereocenters. The van der Waals surface area contributed by atoms with E-state index in [4.69, 9.17) is 16.3 Å². The van der Waals surface area contributed by atoms with Crippen molar-refractivity contribution < 1.29 is 19.1 Å². The fourth-order valence-corrected chi connectivity index (χ4v) is 2.24. The third-order valence-electron chi connectivity index (χ3n) is 2.28. The first-order chi connectivity index (χ1) is 9.92. The van der Waals surface area contributed by atoms with Crippen LogP contribution in [-0.4, -0.2) is 36.8 Å². The van der Waals surface area contributed by atoms with Gasteiger partial charge in [-0.3, -0.25) is 14.9 Å². The molecule has 1 atom stereocenters. The molecule has 8 heteroatoms. The van der Waals surface area contributed by atoms with Crippen molar-refractivity contribution in [1.82, 2.24) is 10.6 Å². The summed E-state index contributed by atoms with van der Waals surface area (Å²) in [6.07, 6.45) is 0. The van der Waals surface area contributed by atoms with E-state index in [2.05, 4.69) is 5.32 Å². The van der Waals surface area contributed by atoms with Gasteiger partial charge < -0.3 is 10.1 Å². The Morgan fingerprint density at radius 1 is 1.29 bits per heavy atom. The number of rotatable bonds is 5. The topological polar surface area (TPSA) is 84.5 Å². The van der Waals surface area contributed by atoms with Crippen molar-refractivity contribution in [2.24, 2.45) is 0 Å². The van der Waals surface area contributed by atoms with Gasteiger partial charge >= 0.3 is 12.0 Å². The second kappa shape index (κ2) is 8.53. The quantitative estimate of drug-likeness (QED) is 0.635. The number of hydrogen-bond donors (Lipinski definition) is 2. The number of nitrogens with one attached hydrogen (secondary N) is 2. The molecular weight excluding hydrogens is 316 g/mol. The van der Waals surface area contributed by atoms with Crippen LogP contribution < -0.4 is 10.6 Å². The van der Waals surface area contributed by atoms with Crippen molar-refractivity contribution in [3.63, 3.8) is 0 Å². The van der Waals surface area contributed by atoms with Crippen molar-refractivity contribution in [1.29, 1.82) is 0 Å². The molecule has 3 amide bonds. The number of halogens is 1. The number of imide groups is 1. The molecule has 0 bridgehead atoms. The molecule has 114 valence electrons. The Labute approximate surface area is 131 Å². The van der Waals surface area contributed by atoms with Crippen LogP contribution in [0.15, 0.2) is 29.2 Å². The maximum Gasteiger partial charge on any atom is 0.321 e. The van der Waals surface area contributed by atoms with E-state index in [1.807, 2.05) is 5.32 Å². The van der Waals surface area contributed by atoms with E-state index in [0.717, 1.165) is 4.90 Å². The molecule has 1 aromatic carbocycles. The van der Waals surface area contributed by atoms with Crippen LogP contribution in [0.2, 0.25) is 5.02 Å². The molecule has 0 saturated carbocycles. The minimum atomic E-state index is -0.689.